The Kier molecular flexibility index (Phi) is 4.19. The van der Waals surface area contributed by atoms with Gasteiger partial charge in [-0.25, -0.2) is 4.39 Å². The summed E-state index contributed by atoms with van der Waals surface area (Å²) in [4.78, 5) is 12.2. The van der Waals surface area contributed by atoms with Crippen LogP contribution in [0.25, 0.3) is 11.0 Å². The van der Waals surface area contributed by atoms with Crippen LogP contribution in [-0.4, -0.2) is 12.5 Å². The number of nitrogens with one attached hydrogen (secondary N) is 2. The van der Waals surface area contributed by atoms with Gasteiger partial charge in [0.2, 0.25) is 5.55 Å². The Hall–Kier alpha value is -2.95. The van der Waals surface area contributed by atoms with Gasteiger partial charge in [0.25, 0.3) is 5.91 Å². The predicted octanol–water partition coefficient (Wildman–Crippen LogP) is 3.02. The van der Waals surface area contributed by atoms with Crippen LogP contribution in [0.5, 0.6) is 0 Å². The highest BCUT2D eigenvalue weighted by molar-refractivity contribution is 5.96. The van der Waals surface area contributed by atoms with E-state index in [2.05, 4.69) is 5.32 Å². The van der Waals surface area contributed by atoms with Crippen LogP contribution >= 0.6 is 0 Å². The van der Waals surface area contributed by atoms with E-state index in [0.717, 1.165) is 10.9 Å². The first-order valence-corrected chi connectivity index (χ1v) is 7.23. The molecule has 116 valence electrons. The molecule has 2 N–H and O–H groups in total. The minimum absolute atomic E-state index is 0.164. The summed E-state index contributed by atoms with van der Waals surface area (Å²) in [6.45, 7) is 0.400. The Labute approximate surface area is 132 Å². The molecule has 1 aromatic heterocycles. The normalized spacial score (nSPS) is 10.7. The summed E-state index contributed by atoms with van der Waals surface area (Å²) in [7, 11) is 0. The average Bonchev–Trinajstić information content (AvgIpc) is 2.56. The standard InChI is InChI=1S/C18H15FN2O2/c19-14-7-5-12(6-8-14)9-10-21-18(22)15-11-13-3-1-2-4-16(13)23-17(15)20/h1-8,11,20H,9-10H2,(H,21,22). The van der Waals surface area contributed by atoms with Gasteiger partial charge in [0, 0.05) is 11.9 Å². The minimum Gasteiger partial charge on any atom is -0.438 e. The second-order valence-electron chi connectivity index (χ2n) is 5.16. The lowest BCUT2D eigenvalue weighted by Gasteiger charge is -2.06. The van der Waals surface area contributed by atoms with Crippen LogP contribution in [0.2, 0.25) is 0 Å². The van der Waals surface area contributed by atoms with Gasteiger partial charge in [-0.3, -0.25) is 10.2 Å². The monoisotopic (exact) mass is 310 g/mol. The third kappa shape index (κ3) is 3.45. The number of benzene rings is 2. The van der Waals surface area contributed by atoms with E-state index in [0.29, 0.717) is 18.5 Å². The van der Waals surface area contributed by atoms with Crippen molar-refractivity contribution in [3.8, 4) is 0 Å². The van der Waals surface area contributed by atoms with Crippen molar-refractivity contribution in [3.63, 3.8) is 0 Å². The molecule has 23 heavy (non-hydrogen) atoms. The Bertz CT molecular complexity index is 901. The lowest BCUT2D eigenvalue weighted by atomic mass is 10.1. The van der Waals surface area contributed by atoms with Crippen LogP contribution in [0.3, 0.4) is 0 Å². The lowest BCUT2D eigenvalue weighted by Crippen LogP contribution is -2.30. The quantitative estimate of drug-likeness (QED) is 0.778. The fourth-order valence-corrected chi connectivity index (χ4v) is 2.31. The maximum atomic E-state index is 12.8. The molecule has 1 amide bonds. The van der Waals surface area contributed by atoms with Crippen LogP contribution in [0.15, 0.2) is 59.0 Å². The number of halogens is 1. The van der Waals surface area contributed by atoms with E-state index in [1.165, 1.54) is 12.1 Å². The molecule has 0 spiro atoms. The van der Waals surface area contributed by atoms with E-state index >= 15 is 0 Å². The Morgan fingerprint density at radius 2 is 1.87 bits per heavy atom. The van der Waals surface area contributed by atoms with Crippen molar-refractivity contribution in [2.24, 2.45) is 0 Å². The van der Waals surface area contributed by atoms with Crippen LogP contribution in [-0.2, 0) is 6.42 Å². The van der Waals surface area contributed by atoms with Crippen LogP contribution in [0, 0.1) is 11.2 Å². The fourth-order valence-electron chi connectivity index (χ4n) is 2.31. The van der Waals surface area contributed by atoms with Crippen LogP contribution in [0.1, 0.15) is 15.9 Å². The van der Waals surface area contributed by atoms with Gasteiger partial charge in [0.15, 0.2) is 0 Å². The number of amides is 1. The van der Waals surface area contributed by atoms with E-state index < -0.39 is 0 Å². The molecule has 3 rings (SSSR count). The Morgan fingerprint density at radius 3 is 2.65 bits per heavy atom. The van der Waals surface area contributed by atoms with E-state index in [4.69, 9.17) is 9.83 Å². The molecule has 0 unspecified atom stereocenters. The molecular weight excluding hydrogens is 295 g/mol. The Balaban J connectivity index is 1.69. The van der Waals surface area contributed by atoms with E-state index in [1.54, 1.807) is 24.3 Å². The van der Waals surface area contributed by atoms with Gasteiger partial charge in [-0.15, -0.1) is 0 Å². The number of rotatable bonds is 4. The largest absolute Gasteiger partial charge is 0.438 e. The maximum absolute atomic E-state index is 12.8. The number of fused-ring (bicyclic) bond motifs is 1. The molecule has 5 heteroatoms. The second kappa shape index (κ2) is 6.44. The number of para-hydroxylation sites is 1. The van der Waals surface area contributed by atoms with E-state index in [-0.39, 0.29) is 22.8 Å². The fraction of sp³-hybridized carbons (Fsp3) is 0.111. The van der Waals surface area contributed by atoms with Crippen molar-refractivity contribution in [1.29, 1.82) is 5.41 Å². The highest BCUT2D eigenvalue weighted by Crippen LogP contribution is 2.12. The smallest absolute Gasteiger partial charge is 0.256 e. The van der Waals surface area contributed by atoms with E-state index in [9.17, 15) is 9.18 Å². The molecular formula is C18H15FN2O2. The Morgan fingerprint density at radius 1 is 1.13 bits per heavy atom. The molecule has 4 nitrogen and oxygen atoms in total. The summed E-state index contributed by atoms with van der Waals surface area (Å²) >= 11 is 0. The van der Waals surface area contributed by atoms with Gasteiger partial charge >= 0.3 is 0 Å². The molecule has 0 atom stereocenters. The van der Waals surface area contributed by atoms with Crippen molar-refractivity contribution in [2.45, 2.75) is 6.42 Å². The molecule has 1 heterocycles. The number of carbonyl (C=O) groups excluding carboxylic acids is 1. The molecule has 0 fully saturated rings. The first-order valence-electron chi connectivity index (χ1n) is 7.23. The molecule has 0 aliphatic heterocycles. The summed E-state index contributed by atoms with van der Waals surface area (Å²) in [6, 6.07) is 15.0. The average molecular weight is 310 g/mol. The SMILES string of the molecule is N=c1oc2ccccc2cc1C(=O)NCCc1ccc(F)cc1. The molecule has 0 saturated carbocycles. The second-order valence-corrected chi connectivity index (χ2v) is 5.16. The molecule has 3 aromatic rings. The van der Waals surface area contributed by atoms with Crippen LogP contribution < -0.4 is 10.9 Å². The lowest BCUT2D eigenvalue weighted by molar-refractivity contribution is 0.0950. The van der Waals surface area contributed by atoms with Crippen molar-refractivity contribution < 1.29 is 13.6 Å². The van der Waals surface area contributed by atoms with Gasteiger partial charge in [0.1, 0.15) is 17.0 Å². The summed E-state index contributed by atoms with van der Waals surface area (Å²) in [5, 5.41) is 11.4. The first kappa shape index (κ1) is 15.0. The third-order valence-corrected chi connectivity index (χ3v) is 3.53. The zero-order chi connectivity index (χ0) is 16.2. The molecule has 2 aromatic carbocycles. The van der Waals surface area contributed by atoms with Gasteiger partial charge in [-0.2, -0.15) is 0 Å². The minimum atomic E-state index is -0.355. The topological polar surface area (TPSA) is 66.1 Å². The third-order valence-electron chi connectivity index (χ3n) is 3.53. The van der Waals surface area contributed by atoms with Gasteiger partial charge in [0.05, 0.1) is 0 Å². The summed E-state index contributed by atoms with van der Waals surface area (Å²) in [5.41, 5.74) is 1.53. The first-order chi connectivity index (χ1) is 11.1. The van der Waals surface area contributed by atoms with Gasteiger partial charge < -0.3 is 9.73 Å². The molecule has 0 bridgehead atoms. The summed E-state index contributed by atoms with van der Waals surface area (Å²) in [6.07, 6.45) is 0.587. The zero-order valence-electron chi connectivity index (χ0n) is 12.3. The predicted molar refractivity (Wildman–Crippen MR) is 84.5 cm³/mol. The number of carbonyl (C=O) groups is 1. The molecule has 0 saturated heterocycles. The van der Waals surface area contributed by atoms with E-state index in [1.807, 2.05) is 18.2 Å². The number of hydrogen-bond acceptors (Lipinski definition) is 3. The summed E-state index contributed by atoms with van der Waals surface area (Å²) < 4.78 is 18.2. The number of hydrogen-bond donors (Lipinski definition) is 2. The zero-order valence-corrected chi connectivity index (χ0v) is 12.3. The van der Waals surface area contributed by atoms with Gasteiger partial charge in [-0.1, -0.05) is 30.3 Å². The molecule has 0 radical (unpaired) electrons. The van der Waals surface area contributed by atoms with Gasteiger partial charge in [-0.05, 0) is 36.2 Å². The maximum Gasteiger partial charge on any atom is 0.256 e. The summed E-state index contributed by atoms with van der Waals surface area (Å²) in [5.74, 6) is -0.638. The van der Waals surface area contributed by atoms with Crippen molar-refractivity contribution >= 4 is 16.9 Å². The van der Waals surface area contributed by atoms with Crippen LogP contribution in [0.4, 0.5) is 4.39 Å². The van der Waals surface area contributed by atoms with Crippen molar-refractivity contribution in [1.82, 2.24) is 5.32 Å². The molecule has 0 aliphatic carbocycles. The van der Waals surface area contributed by atoms with Crippen molar-refractivity contribution in [3.05, 3.63) is 77.1 Å². The highest BCUT2D eigenvalue weighted by atomic mass is 19.1. The molecule has 0 aliphatic rings. The van der Waals surface area contributed by atoms with Crippen molar-refractivity contribution in [2.75, 3.05) is 6.54 Å². The highest BCUT2D eigenvalue weighted by Gasteiger charge is 2.10.